The third-order valence-corrected chi connectivity index (χ3v) is 4.36. The SMILES string of the molecule is CC(C)(C)OC(=O)N1CCCN(CC(O)COc2ccc(CC#N)cc2)CC1. The number of amides is 1. The number of carbonyl (C=O) groups is 1. The van der Waals surface area contributed by atoms with Gasteiger partial charge in [-0.1, -0.05) is 12.1 Å². The Morgan fingerprint density at radius 2 is 1.93 bits per heavy atom. The van der Waals surface area contributed by atoms with Gasteiger partial charge in [-0.3, -0.25) is 4.90 Å². The molecule has 0 saturated carbocycles. The average Bonchev–Trinajstić information content (AvgIpc) is 2.86. The third kappa shape index (κ3) is 7.75. The minimum Gasteiger partial charge on any atom is -0.491 e. The normalized spacial score (nSPS) is 16.8. The summed E-state index contributed by atoms with van der Waals surface area (Å²) in [6.07, 6.45) is 0.315. The van der Waals surface area contributed by atoms with E-state index in [1.807, 2.05) is 45.0 Å². The molecule has 2 rings (SSSR count). The Hall–Kier alpha value is -2.30. The van der Waals surface area contributed by atoms with Crippen LogP contribution < -0.4 is 4.74 Å². The quantitative estimate of drug-likeness (QED) is 0.804. The average molecular weight is 389 g/mol. The van der Waals surface area contributed by atoms with Gasteiger partial charge >= 0.3 is 6.09 Å². The number of nitriles is 1. The lowest BCUT2D eigenvalue weighted by Gasteiger charge is -2.27. The molecule has 1 atom stereocenters. The molecule has 1 saturated heterocycles. The molecule has 1 amide bonds. The van der Waals surface area contributed by atoms with E-state index in [4.69, 9.17) is 14.7 Å². The lowest BCUT2D eigenvalue weighted by molar-refractivity contribution is 0.0252. The minimum absolute atomic E-state index is 0.198. The molecule has 1 aliphatic heterocycles. The maximum absolute atomic E-state index is 12.2. The van der Waals surface area contributed by atoms with Gasteiger partial charge in [-0.15, -0.1) is 0 Å². The van der Waals surface area contributed by atoms with E-state index in [2.05, 4.69) is 11.0 Å². The van der Waals surface area contributed by atoms with Crippen molar-refractivity contribution >= 4 is 6.09 Å². The van der Waals surface area contributed by atoms with Crippen molar-refractivity contribution in [3.8, 4) is 11.8 Å². The van der Waals surface area contributed by atoms with Crippen molar-refractivity contribution in [2.24, 2.45) is 0 Å². The Kier molecular flexibility index (Phi) is 8.09. The smallest absolute Gasteiger partial charge is 0.410 e. The molecule has 1 unspecified atom stereocenters. The first kappa shape index (κ1) is 22.0. The van der Waals surface area contributed by atoms with Gasteiger partial charge in [0.1, 0.15) is 24.1 Å². The third-order valence-electron chi connectivity index (χ3n) is 4.36. The van der Waals surface area contributed by atoms with Crippen LogP contribution >= 0.6 is 0 Å². The van der Waals surface area contributed by atoms with Crippen molar-refractivity contribution < 1.29 is 19.4 Å². The molecule has 0 spiro atoms. The zero-order valence-electron chi connectivity index (χ0n) is 17.1. The molecule has 154 valence electrons. The summed E-state index contributed by atoms with van der Waals surface area (Å²) < 4.78 is 11.1. The predicted molar refractivity (Wildman–Crippen MR) is 106 cm³/mol. The standard InChI is InChI=1S/C21H31N3O4/c1-21(2,3)28-20(26)24-12-4-11-23(13-14-24)15-18(25)16-27-19-7-5-17(6-8-19)9-10-22/h5-8,18,25H,4,9,11-16H2,1-3H3. The summed E-state index contributed by atoms with van der Waals surface area (Å²) in [6.45, 7) is 9.04. The van der Waals surface area contributed by atoms with Crippen LogP contribution in [0.1, 0.15) is 32.8 Å². The highest BCUT2D eigenvalue weighted by Gasteiger charge is 2.25. The molecule has 1 heterocycles. The van der Waals surface area contributed by atoms with Gasteiger partial charge in [0.05, 0.1) is 12.5 Å². The van der Waals surface area contributed by atoms with E-state index in [0.717, 1.165) is 18.5 Å². The van der Waals surface area contributed by atoms with E-state index < -0.39 is 11.7 Å². The van der Waals surface area contributed by atoms with Gasteiger partial charge in [0, 0.05) is 32.7 Å². The van der Waals surface area contributed by atoms with E-state index in [0.29, 0.717) is 38.3 Å². The Morgan fingerprint density at radius 1 is 1.21 bits per heavy atom. The van der Waals surface area contributed by atoms with Crippen LogP contribution in [0, 0.1) is 11.3 Å². The predicted octanol–water partition coefficient (Wildman–Crippen LogP) is 2.44. The molecular formula is C21H31N3O4. The number of β-amino-alcohol motifs (C(OH)–C–C–N with tert-alkyl or cyclic N) is 1. The topological polar surface area (TPSA) is 86.0 Å². The number of hydrogen-bond donors (Lipinski definition) is 1. The molecule has 28 heavy (non-hydrogen) atoms. The summed E-state index contributed by atoms with van der Waals surface area (Å²) >= 11 is 0. The monoisotopic (exact) mass is 389 g/mol. The van der Waals surface area contributed by atoms with Crippen LogP contribution in [-0.4, -0.2) is 72.0 Å². The van der Waals surface area contributed by atoms with Gasteiger partial charge < -0.3 is 19.5 Å². The van der Waals surface area contributed by atoms with E-state index in [9.17, 15) is 9.90 Å². The first-order valence-electron chi connectivity index (χ1n) is 9.74. The molecule has 1 aliphatic rings. The van der Waals surface area contributed by atoms with Gasteiger partial charge in [0.15, 0.2) is 0 Å². The van der Waals surface area contributed by atoms with Crippen LogP contribution in [0.15, 0.2) is 24.3 Å². The highest BCUT2D eigenvalue weighted by atomic mass is 16.6. The molecule has 1 aromatic carbocycles. The number of hydrogen-bond acceptors (Lipinski definition) is 6. The summed E-state index contributed by atoms with van der Waals surface area (Å²) in [5.74, 6) is 0.674. The van der Waals surface area contributed by atoms with Crippen LogP contribution in [0.25, 0.3) is 0 Å². The number of rotatable bonds is 6. The summed E-state index contributed by atoms with van der Waals surface area (Å²) in [7, 11) is 0. The maximum atomic E-state index is 12.2. The molecule has 1 fully saturated rings. The minimum atomic E-state index is -0.619. The van der Waals surface area contributed by atoms with Crippen molar-refractivity contribution in [2.45, 2.75) is 45.3 Å². The van der Waals surface area contributed by atoms with Crippen LogP contribution in [0.2, 0.25) is 0 Å². The van der Waals surface area contributed by atoms with Gasteiger partial charge in [-0.2, -0.15) is 5.26 Å². The lowest BCUT2D eigenvalue weighted by Crippen LogP contribution is -2.40. The van der Waals surface area contributed by atoms with Crippen LogP contribution in [0.4, 0.5) is 4.79 Å². The molecule has 0 aromatic heterocycles. The molecule has 7 heteroatoms. The zero-order chi connectivity index (χ0) is 20.6. The van der Waals surface area contributed by atoms with Gasteiger partial charge in [-0.05, 0) is 44.9 Å². The molecule has 1 aromatic rings. The lowest BCUT2D eigenvalue weighted by atomic mass is 10.2. The second kappa shape index (κ2) is 10.3. The van der Waals surface area contributed by atoms with Gasteiger partial charge in [0.2, 0.25) is 0 Å². The van der Waals surface area contributed by atoms with Gasteiger partial charge in [0.25, 0.3) is 0 Å². The van der Waals surface area contributed by atoms with Crippen molar-refractivity contribution in [1.29, 1.82) is 5.26 Å². The number of aliphatic hydroxyl groups is 1. The molecular weight excluding hydrogens is 358 g/mol. The first-order valence-corrected chi connectivity index (χ1v) is 9.74. The number of carbonyl (C=O) groups excluding carboxylic acids is 1. The Morgan fingerprint density at radius 3 is 2.57 bits per heavy atom. The maximum Gasteiger partial charge on any atom is 0.410 e. The van der Waals surface area contributed by atoms with Gasteiger partial charge in [-0.25, -0.2) is 4.79 Å². The highest BCUT2D eigenvalue weighted by molar-refractivity contribution is 5.68. The highest BCUT2D eigenvalue weighted by Crippen LogP contribution is 2.14. The Bertz CT molecular complexity index is 664. The summed E-state index contributed by atoms with van der Waals surface area (Å²) in [4.78, 5) is 16.1. The largest absolute Gasteiger partial charge is 0.491 e. The summed E-state index contributed by atoms with van der Waals surface area (Å²) in [5.41, 5.74) is 0.443. The van der Waals surface area contributed by atoms with Crippen LogP contribution in [0.5, 0.6) is 5.75 Å². The number of nitrogens with zero attached hydrogens (tertiary/aromatic N) is 3. The fourth-order valence-electron chi connectivity index (χ4n) is 3.00. The van der Waals surface area contributed by atoms with E-state index in [-0.39, 0.29) is 12.7 Å². The Labute approximate surface area is 167 Å². The van der Waals surface area contributed by atoms with E-state index >= 15 is 0 Å². The second-order valence-corrected chi connectivity index (χ2v) is 8.07. The van der Waals surface area contributed by atoms with E-state index in [1.165, 1.54) is 0 Å². The molecule has 0 radical (unpaired) electrons. The van der Waals surface area contributed by atoms with Crippen molar-refractivity contribution in [3.63, 3.8) is 0 Å². The number of ether oxygens (including phenoxy) is 2. The summed E-state index contributed by atoms with van der Waals surface area (Å²) in [6, 6.07) is 9.43. The number of benzene rings is 1. The zero-order valence-corrected chi connectivity index (χ0v) is 17.1. The summed E-state index contributed by atoms with van der Waals surface area (Å²) in [5, 5.41) is 19.0. The van der Waals surface area contributed by atoms with Crippen molar-refractivity contribution in [2.75, 3.05) is 39.3 Å². The molecule has 1 N–H and O–H groups in total. The molecule has 0 bridgehead atoms. The number of aliphatic hydroxyl groups excluding tert-OH is 1. The fraction of sp³-hybridized carbons (Fsp3) is 0.619. The van der Waals surface area contributed by atoms with Crippen molar-refractivity contribution in [3.05, 3.63) is 29.8 Å². The van der Waals surface area contributed by atoms with E-state index in [1.54, 1.807) is 4.90 Å². The fourth-order valence-corrected chi connectivity index (χ4v) is 3.00. The van der Waals surface area contributed by atoms with Crippen molar-refractivity contribution in [1.82, 2.24) is 9.80 Å². The second-order valence-electron chi connectivity index (χ2n) is 8.07. The molecule has 7 nitrogen and oxygen atoms in total. The Balaban J connectivity index is 1.74. The first-order chi connectivity index (χ1) is 13.3. The molecule has 0 aliphatic carbocycles. The van der Waals surface area contributed by atoms with Crippen LogP contribution in [0.3, 0.4) is 0 Å². The van der Waals surface area contributed by atoms with Crippen LogP contribution in [-0.2, 0) is 11.2 Å².